The second-order valence-corrected chi connectivity index (χ2v) is 4.78. The van der Waals surface area contributed by atoms with E-state index in [4.69, 9.17) is 0 Å². The Morgan fingerprint density at radius 3 is 2.65 bits per heavy atom. The molecule has 2 heteroatoms. The number of hydrogen-bond acceptors (Lipinski definition) is 1. The molecule has 1 rings (SSSR count). The summed E-state index contributed by atoms with van der Waals surface area (Å²) in [5.41, 5.74) is 1.34. The molecule has 0 radical (unpaired) electrons. The fourth-order valence-corrected chi connectivity index (χ4v) is 1.77. The number of rotatable bonds is 7. The Bertz CT molecular complexity index is 366. The summed E-state index contributed by atoms with van der Waals surface area (Å²) in [6.45, 7) is 7.36. The van der Waals surface area contributed by atoms with Crippen LogP contribution in [0.2, 0.25) is 0 Å². The summed E-state index contributed by atoms with van der Waals surface area (Å²) in [5, 5.41) is 4.38. The summed E-state index contributed by atoms with van der Waals surface area (Å²) in [6, 6.07) is 0. The van der Waals surface area contributed by atoms with E-state index in [-0.39, 0.29) is 0 Å². The molecule has 94 valence electrons. The first kappa shape index (κ1) is 13.8. The molecular formula is C15H24N2. The minimum atomic E-state index is 0.580. The van der Waals surface area contributed by atoms with E-state index in [1.165, 1.54) is 31.2 Å². The van der Waals surface area contributed by atoms with Gasteiger partial charge in [-0.15, -0.1) is 11.8 Å². The summed E-state index contributed by atoms with van der Waals surface area (Å²) >= 11 is 0. The Balaban J connectivity index is 2.11. The highest BCUT2D eigenvalue weighted by atomic mass is 15.3. The maximum atomic E-state index is 4.38. The first-order chi connectivity index (χ1) is 8.24. The van der Waals surface area contributed by atoms with Crippen LogP contribution in [-0.2, 0) is 6.54 Å². The van der Waals surface area contributed by atoms with E-state index in [9.17, 15) is 0 Å². The van der Waals surface area contributed by atoms with Crippen molar-refractivity contribution in [1.82, 2.24) is 9.78 Å². The first-order valence-corrected chi connectivity index (χ1v) is 6.66. The molecular weight excluding hydrogens is 208 g/mol. The van der Waals surface area contributed by atoms with Gasteiger partial charge in [0.1, 0.15) is 0 Å². The van der Waals surface area contributed by atoms with Gasteiger partial charge in [-0.1, -0.05) is 26.7 Å². The van der Waals surface area contributed by atoms with Crippen molar-refractivity contribution in [3.63, 3.8) is 0 Å². The van der Waals surface area contributed by atoms with Gasteiger partial charge in [-0.05, 0) is 31.2 Å². The molecule has 0 aliphatic carbocycles. The number of nitrogens with zero attached hydrogens (tertiary/aromatic N) is 2. The monoisotopic (exact) mass is 232 g/mol. The van der Waals surface area contributed by atoms with Gasteiger partial charge in [0.25, 0.3) is 0 Å². The van der Waals surface area contributed by atoms with Crippen LogP contribution in [0.25, 0.3) is 0 Å². The van der Waals surface area contributed by atoms with Gasteiger partial charge in [0.05, 0.1) is 6.20 Å². The van der Waals surface area contributed by atoms with Crippen LogP contribution >= 0.6 is 0 Å². The third-order valence-corrected chi connectivity index (χ3v) is 2.94. The molecule has 0 amide bonds. The lowest BCUT2D eigenvalue weighted by Gasteiger charge is -2.01. The van der Waals surface area contributed by atoms with Gasteiger partial charge >= 0.3 is 0 Å². The van der Waals surface area contributed by atoms with E-state index in [0.29, 0.717) is 5.92 Å². The Morgan fingerprint density at radius 1 is 1.24 bits per heavy atom. The molecule has 17 heavy (non-hydrogen) atoms. The smallest absolute Gasteiger partial charge is 0.0524 e. The van der Waals surface area contributed by atoms with Crippen LogP contribution < -0.4 is 0 Å². The average molecular weight is 232 g/mol. The van der Waals surface area contributed by atoms with Gasteiger partial charge in [0, 0.05) is 19.2 Å². The largest absolute Gasteiger partial charge is 0.272 e. The molecule has 0 spiro atoms. The van der Waals surface area contributed by atoms with Crippen molar-refractivity contribution in [1.29, 1.82) is 0 Å². The predicted octanol–water partition coefficient (Wildman–Crippen LogP) is 3.98. The molecule has 2 nitrogen and oxygen atoms in total. The van der Waals surface area contributed by atoms with Crippen molar-refractivity contribution in [2.24, 2.45) is 0 Å². The molecule has 0 fully saturated rings. The van der Waals surface area contributed by atoms with E-state index in [0.717, 1.165) is 13.0 Å². The van der Waals surface area contributed by atoms with Crippen molar-refractivity contribution < 1.29 is 0 Å². The molecule has 0 aromatic carbocycles. The third-order valence-electron chi connectivity index (χ3n) is 2.94. The first-order valence-electron chi connectivity index (χ1n) is 6.66. The topological polar surface area (TPSA) is 17.8 Å². The van der Waals surface area contributed by atoms with Crippen molar-refractivity contribution in [2.75, 3.05) is 0 Å². The van der Waals surface area contributed by atoms with Crippen molar-refractivity contribution >= 4 is 0 Å². The van der Waals surface area contributed by atoms with E-state index >= 15 is 0 Å². The van der Waals surface area contributed by atoms with Crippen LogP contribution in [0.1, 0.15) is 64.4 Å². The molecule has 0 saturated heterocycles. The molecule has 0 unspecified atom stereocenters. The quantitative estimate of drug-likeness (QED) is 0.513. The Hall–Kier alpha value is -1.23. The predicted molar refractivity (Wildman–Crippen MR) is 72.9 cm³/mol. The number of aryl methyl sites for hydroxylation is 1. The minimum Gasteiger partial charge on any atom is -0.272 e. The van der Waals surface area contributed by atoms with Gasteiger partial charge < -0.3 is 0 Å². The molecule has 1 aromatic heterocycles. The molecule has 1 aromatic rings. The minimum absolute atomic E-state index is 0.580. The molecule has 0 saturated carbocycles. The second kappa shape index (κ2) is 7.95. The molecule has 1 heterocycles. The van der Waals surface area contributed by atoms with Gasteiger partial charge in [0.15, 0.2) is 0 Å². The van der Waals surface area contributed by atoms with Crippen molar-refractivity contribution in [3.05, 3.63) is 18.0 Å². The third kappa shape index (κ3) is 5.58. The van der Waals surface area contributed by atoms with Crippen LogP contribution in [0.5, 0.6) is 0 Å². The summed E-state index contributed by atoms with van der Waals surface area (Å²) in [7, 11) is 0. The summed E-state index contributed by atoms with van der Waals surface area (Å²) < 4.78 is 2.07. The Morgan fingerprint density at radius 2 is 2.00 bits per heavy atom. The molecule has 0 N–H and O–H groups in total. The standard InChI is InChI=1S/C15H24N2/c1-4-5-6-7-8-9-10-11-17-13-15(12-16-17)14(2)3/h12-14H,6-11H2,1-3H3. The maximum absolute atomic E-state index is 4.38. The molecule has 0 atom stereocenters. The van der Waals surface area contributed by atoms with Gasteiger partial charge in [-0.25, -0.2) is 0 Å². The van der Waals surface area contributed by atoms with Gasteiger partial charge in [-0.3, -0.25) is 4.68 Å². The van der Waals surface area contributed by atoms with E-state index < -0.39 is 0 Å². The zero-order valence-electron chi connectivity index (χ0n) is 11.4. The number of hydrogen-bond donors (Lipinski definition) is 0. The maximum Gasteiger partial charge on any atom is 0.0524 e. The second-order valence-electron chi connectivity index (χ2n) is 4.78. The normalized spacial score (nSPS) is 10.4. The number of unbranched alkanes of at least 4 members (excludes halogenated alkanes) is 4. The Labute approximate surface area is 105 Å². The fraction of sp³-hybridized carbons (Fsp3) is 0.667. The zero-order chi connectivity index (χ0) is 12.5. The number of aromatic nitrogens is 2. The van der Waals surface area contributed by atoms with Gasteiger partial charge in [0.2, 0.25) is 0 Å². The lowest BCUT2D eigenvalue weighted by Crippen LogP contribution is -1.98. The van der Waals surface area contributed by atoms with Crippen LogP contribution in [-0.4, -0.2) is 9.78 Å². The SMILES string of the molecule is CC#CCCCCCCn1cc(C(C)C)cn1. The van der Waals surface area contributed by atoms with E-state index in [2.05, 4.69) is 41.7 Å². The molecule has 0 aliphatic rings. The lowest BCUT2D eigenvalue weighted by molar-refractivity contribution is 0.537. The van der Waals surface area contributed by atoms with Crippen LogP contribution in [0.3, 0.4) is 0 Å². The van der Waals surface area contributed by atoms with E-state index in [1.54, 1.807) is 0 Å². The highest BCUT2D eigenvalue weighted by molar-refractivity contribution is 5.08. The average Bonchev–Trinajstić information content (AvgIpc) is 2.77. The highest BCUT2D eigenvalue weighted by Crippen LogP contribution is 2.12. The fourth-order valence-electron chi connectivity index (χ4n) is 1.77. The van der Waals surface area contributed by atoms with Crippen molar-refractivity contribution in [2.45, 2.75) is 65.3 Å². The summed E-state index contributed by atoms with van der Waals surface area (Å²) in [6.07, 6.45) is 10.2. The zero-order valence-corrected chi connectivity index (χ0v) is 11.4. The lowest BCUT2D eigenvalue weighted by atomic mass is 10.1. The van der Waals surface area contributed by atoms with Crippen LogP contribution in [0.15, 0.2) is 12.4 Å². The summed E-state index contributed by atoms with van der Waals surface area (Å²) in [5.74, 6) is 6.62. The highest BCUT2D eigenvalue weighted by Gasteiger charge is 2.01. The Kier molecular flexibility index (Phi) is 6.47. The summed E-state index contributed by atoms with van der Waals surface area (Å²) in [4.78, 5) is 0. The van der Waals surface area contributed by atoms with E-state index in [1.807, 2.05) is 13.1 Å². The van der Waals surface area contributed by atoms with Gasteiger partial charge in [-0.2, -0.15) is 5.10 Å². The van der Waals surface area contributed by atoms with Crippen LogP contribution in [0.4, 0.5) is 0 Å². The van der Waals surface area contributed by atoms with Crippen molar-refractivity contribution in [3.8, 4) is 11.8 Å². The molecule has 0 bridgehead atoms. The van der Waals surface area contributed by atoms with Crippen LogP contribution in [0, 0.1) is 11.8 Å². The molecule has 0 aliphatic heterocycles.